The van der Waals surface area contributed by atoms with E-state index in [1.54, 1.807) is 11.3 Å². The fraction of sp³-hybridized carbons (Fsp3) is 0.500. The number of carbonyl (C=O) groups excluding carboxylic acids is 1. The monoisotopic (exact) mass is 306 g/mol. The van der Waals surface area contributed by atoms with Crippen LogP contribution in [0, 0.1) is 6.92 Å². The van der Waals surface area contributed by atoms with E-state index in [1.165, 1.54) is 11.2 Å². The lowest BCUT2D eigenvalue weighted by atomic mass is 10.2. The molecule has 0 aromatic carbocycles. The molecule has 1 fully saturated rings. The summed E-state index contributed by atoms with van der Waals surface area (Å²) in [6.07, 6.45) is 3.79. The summed E-state index contributed by atoms with van der Waals surface area (Å²) in [6, 6.07) is 2.03. The van der Waals surface area contributed by atoms with E-state index in [0.717, 1.165) is 29.7 Å². The van der Waals surface area contributed by atoms with Gasteiger partial charge in [0.15, 0.2) is 0 Å². The van der Waals surface area contributed by atoms with Crippen molar-refractivity contribution in [1.82, 2.24) is 15.3 Å². The third-order valence-corrected chi connectivity index (χ3v) is 4.38. The third kappa shape index (κ3) is 3.48. The van der Waals surface area contributed by atoms with Crippen molar-refractivity contribution in [1.29, 1.82) is 0 Å². The molecule has 1 atom stereocenters. The molecule has 3 heterocycles. The standard InChI is InChI=1S/C14H18N4O2S/c1-9-5-11-13(17-8-18-14(11)21-9)16-7-12(19)15-6-10-3-2-4-20-10/h5,8,10H,2-4,6-7H2,1H3,(H,15,19)(H,16,17,18). The van der Waals surface area contributed by atoms with E-state index in [9.17, 15) is 4.79 Å². The first kappa shape index (κ1) is 14.2. The van der Waals surface area contributed by atoms with Crippen LogP contribution < -0.4 is 10.6 Å². The molecule has 0 bridgehead atoms. The highest BCUT2D eigenvalue weighted by atomic mass is 32.1. The number of hydrogen-bond acceptors (Lipinski definition) is 6. The predicted molar refractivity (Wildman–Crippen MR) is 82.6 cm³/mol. The Hall–Kier alpha value is -1.73. The van der Waals surface area contributed by atoms with Crippen molar-refractivity contribution in [2.24, 2.45) is 0 Å². The summed E-state index contributed by atoms with van der Waals surface area (Å²) in [7, 11) is 0. The molecule has 2 aromatic rings. The molecule has 6 nitrogen and oxygen atoms in total. The van der Waals surface area contributed by atoms with Gasteiger partial charge in [0.05, 0.1) is 18.0 Å². The molecule has 0 radical (unpaired) electrons. The molecule has 3 rings (SSSR count). The lowest BCUT2D eigenvalue weighted by Crippen LogP contribution is -2.35. The van der Waals surface area contributed by atoms with E-state index < -0.39 is 0 Å². The van der Waals surface area contributed by atoms with Crippen LogP contribution in [-0.4, -0.2) is 41.7 Å². The Morgan fingerprint density at radius 1 is 1.52 bits per heavy atom. The van der Waals surface area contributed by atoms with Crippen LogP contribution in [0.4, 0.5) is 5.82 Å². The van der Waals surface area contributed by atoms with Crippen LogP contribution in [0.25, 0.3) is 10.2 Å². The van der Waals surface area contributed by atoms with Crippen molar-refractivity contribution in [2.45, 2.75) is 25.9 Å². The number of ether oxygens (including phenoxy) is 1. The highest BCUT2D eigenvalue weighted by Crippen LogP contribution is 2.27. The zero-order valence-corrected chi connectivity index (χ0v) is 12.7. The smallest absolute Gasteiger partial charge is 0.239 e. The molecule has 7 heteroatoms. The van der Waals surface area contributed by atoms with Gasteiger partial charge in [0.2, 0.25) is 5.91 Å². The van der Waals surface area contributed by atoms with E-state index in [2.05, 4.69) is 20.6 Å². The van der Waals surface area contributed by atoms with Crippen LogP contribution in [0.3, 0.4) is 0 Å². The lowest BCUT2D eigenvalue weighted by Gasteiger charge is -2.11. The van der Waals surface area contributed by atoms with Gasteiger partial charge in [-0.05, 0) is 25.8 Å². The van der Waals surface area contributed by atoms with Gasteiger partial charge in [-0.1, -0.05) is 0 Å². The first-order valence-corrected chi connectivity index (χ1v) is 7.87. The minimum Gasteiger partial charge on any atom is -0.376 e. The zero-order valence-electron chi connectivity index (χ0n) is 11.9. The molecular formula is C14H18N4O2S. The molecular weight excluding hydrogens is 288 g/mol. The Labute approximate surface area is 126 Å². The molecule has 2 N–H and O–H groups in total. The van der Waals surface area contributed by atoms with E-state index in [0.29, 0.717) is 12.4 Å². The molecule has 0 aliphatic carbocycles. The van der Waals surface area contributed by atoms with Gasteiger partial charge in [0.25, 0.3) is 0 Å². The first-order chi connectivity index (χ1) is 10.2. The summed E-state index contributed by atoms with van der Waals surface area (Å²) in [4.78, 5) is 22.4. The number of thiophene rings is 1. The molecule has 0 saturated carbocycles. The number of amides is 1. The first-order valence-electron chi connectivity index (χ1n) is 7.05. The second kappa shape index (κ2) is 6.36. The Morgan fingerprint density at radius 2 is 2.43 bits per heavy atom. The predicted octanol–water partition coefficient (Wildman–Crippen LogP) is 1.71. The van der Waals surface area contributed by atoms with Crippen molar-refractivity contribution in [3.05, 3.63) is 17.3 Å². The largest absolute Gasteiger partial charge is 0.376 e. The summed E-state index contributed by atoms with van der Waals surface area (Å²) in [5.41, 5.74) is 0. The summed E-state index contributed by atoms with van der Waals surface area (Å²) < 4.78 is 5.47. The molecule has 1 amide bonds. The molecule has 1 saturated heterocycles. The maximum atomic E-state index is 11.8. The second-order valence-electron chi connectivity index (χ2n) is 5.09. The molecule has 0 spiro atoms. The number of carbonyl (C=O) groups is 1. The van der Waals surface area contributed by atoms with Gasteiger partial charge in [-0.2, -0.15) is 0 Å². The van der Waals surface area contributed by atoms with Crippen molar-refractivity contribution in [2.75, 3.05) is 25.0 Å². The maximum absolute atomic E-state index is 11.8. The van der Waals surface area contributed by atoms with Crippen LogP contribution in [0.15, 0.2) is 12.4 Å². The van der Waals surface area contributed by atoms with Gasteiger partial charge >= 0.3 is 0 Å². The van der Waals surface area contributed by atoms with Gasteiger partial charge in [-0.3, -0.25) is 4.79 Å². The number of aromatic nitrogens is 2. The quantitative estimate of drug-likeness (QED) is 0.879. The Kier molecular flexibility index (Phi) is 4.31. The van der Waals surface area contributed by atoms with Crippen molar-refractivity contribution in [3.63, 3.8) is 0 Å². The number of fused-ring (bicyclic) bond motifs is 1. The summed E-state index contributed by atoms with van der Waals surface area (Å²) in [5.74, 6) is 0.654. The van der Waals surface area contributed by atoms with E-state index >= 15 is 0 Å². The van der Waals surface area contributed by atoms with Gasteiger partial charge in [0, 0.05) is 18.0 Å². The topological polar surface area (TPSA) is 76.1 Å². The van der Waals surface area contributed by atoms with Gasteiger partial charge in [-0.25, -0.2) is 9.97 Å². The molecule has 1 unspecified atom stereocenters. The Balaban J connectivity index is 1.54. The van der Waals surface area contributed by atoms with Crippen molar-refractivity contribution < 1.29 is 9.53 Å². The van der Waals surface area contributed by atoms with Crippen LogP contribution in [0.1, 0.15) is 17.7 Å². The third-order valence-electron chi connectivity index (χ3n) is 3.42. The Morgan fingerprint density at radius 3 is 3.24 bits per heavy atom. The van der Waals surface area contributed by atoms with Crippen LogP contribution in [0.2, 0.25) is 0 Å². The number of rotatable bonds is 5. The van der Waals surface area contributed by atoms with Crippen LogP contribution >= 0.6 is 11.3 Å². The van der Waals surface area contributed by atoms with E-state index in [-0.39, 0.29) is 18.6 Å². The highest BCUT2D eigenvalue weighted by Gasteiger charge is 2.16. The SMILES string of the molecule is Cc1cc2c(NCC(=O)NCC3CCCO3)ncnc2s1. The summed E-state index contributed by atoms with van der Waals surface area (Å²) >= 11 is 1.62. The fourth-order valence-electron chi connectivity index (χ4n) is 2.38. The number of hydrogen-bond donors (Lipinski definition) is 2. The molecule has 21 heavy (non-hydrogen) atoms. The number of nitrogens with zero attached hydrogens (tertiary/aromatic N) is 2. The van der Waals surface area contributed by atoms with Crippen LogP contribution in [-0.2, 0) is 9.53 Å². The number of anilines is 1. The molecule has 1 aliphatic heterocycles. The molecule has 1 aliphatic rings. The summed E-state index contributed by atoms with van der Waals surface area (Å²) in [5, 5.41) is 6.92. The number of aryl methyl sites for hydroxylation is 1. The normalized spacial score (nSPS) is 18.0. The lowest BCUT2D eigenvalue weighted by molar-refractivity contribution is -0.119. The zero-order chi connectivity index (χ0) is 14.7. The van der Waals surface area contributed by atoms with E-state index in [1.807, 2.05) is 13.0 Å². The number of nitrogens with one attached hydrogen (secondary N) is 2. The van der Waals surface area contributed by atoms with Gasteiger partial charge in [0.1, 0.15) is 17.0 Å². The maximum Gasteiger partial charge on any atom is 0.239 e. The van der Waals surface area contributed by atoms with E-state index in [4.69, 9.17) is 4.74 Å². The van der Waals surface area contributed by atoms with Crippen molar-refractivity contribution >= 4 is 33.3 Å². The van der Waals surface area contributed by atoms with Gasteiger partial charge < -0.3 is 15.4 Å². The summed E-state index contributed by atoms with van der Waals surface area (Å²) in [6.45, 7) is 3.62. The van der Waals surface area contributed by atoms with Crippen LogP contribution in [0.5, 0.6) is 0 Å². The minimum absolute atomic E-state index is 0.0517. The molecule has 112 valence electrons. The fourth-order valence-corrected chi connectivity index (χ4v) is 3.22. The Bertz CT molecular complexity index is 637. The average molecular weight is 306 g/mol. The minimum atomic E-state index is -0.0517. The van der Waals surface area contributed by atoms with Crippen molar-refractivity contribution in [3.8, 4) is 0 Å². The second-order valence-corrected chi connectivity index (χ2v) is 6.33. The average Bonchev–Trinajstić information content (AvgIpc) is 3.10. The highest BCUT2D eigenvalue weighted by molar-refractivity contribution is 7.18. The molecule has 2 aromatic heterocycles. The van der Waals surface area contributed by atoms with Gasteiger partial charge in [-0.15, -0.1) is 11.3 Å².